The zero-order chi connectivity index (χ0) is 20.3. The standard InChI is InChI=1S/C25H30O3/c1-16(2)12-19-8-4-17(3)13-23(19)25-20(14-22(27)15-24(25)28)9-5-18-6-10-21(26)11-7-18/h6-7,10-11,13-15,19,23,26-28H,1,4-5,8-9,12H2,2-3H3/t19-,23-/m0/s1. The van der Waals surface area contributed by atoms with Gasteiger partial charge in [-0.1, -0.05) is 29.4 Å². The predicted molar refractivity (Wildman–Crippen MR) is 114 cm³/mol. The van der Waals surface area contributed by atoms with Gasteiger partial charge in [0.05, 0.1) is 0 Å². The highest BCUT2D eigenvalue weighted by Crippen LogP contribution is 2.45. The van der Waals surface area contributed by atoms with Gasteiger partial charge in [-0.05, 0) is 81.2 Å². The summed E-state index contributed by atoms with van der Waals surface area (Å²) in [6.07, 6.45) is 6.87. The van der Waals surface area contributed by atoms with Crippen LogP contribution in [0.2, 0.25) is 0 Å². The zero-order valence-electron chi connectivity index (χ0n) is 16.8. The summed E-state index contributed by atoms with van der Waals surface area (Å²) in [6, 6.07) is 10.4. The monoisotopic (exact) mass is 378 g/mol. The van der Waals surface area contributed by atoms with Gasteiger partial charge in [0.2, 0.25) is 0 Å². The summed E-state index contributed by atoms with van der Waals surface area (Å²) in [5.74, 6) is 1.05. The lowest BCUT2D eigenvalue weighted by Gasteiger charge is -2.32. The van der Waals surface area contributed by atoms with Gasteiger partial charge in [0.15, 0.2) is 0 Å². The third kappa shape index (κ3) is 4.78. The second-order valence-electron chi connectivity index (χ2n) is 8.20. The average molecular weight is 379 g/mol. The van der Waals surface area contributed by atoms with Crippen molar-refractivity contribution >= 4 is 0 Å². The Balaban J connectivity index is 1.95. The first kappa shape index (κ1) is 20.1. The highest BCUT2D eigenvalue weighted by molar-refractivity contribution is 5.50. The number of rotatable bonds is 6. The fraction of sp³-hybridized carbons (Fsp3) is 0.360. The van der Waals surface area contributed by atoms with E-state index in [-0.39, 0.29) is 23.2 Å². The van der Waals surface area contributed by atoms with Gasteiger partial charge >= 0.3 is 0 Å². The summed E-state index contributed by atoms with van der Waals surface area (Å²) in [5, 5.41) is 30.3. The quantitative estimate of drug-likeness (QED) is 0.541. The van der Waals surface area contributed by atoms with E-state index in [0.717, 1.165) is 47.9 Å². The van der Waals surface area contributed by atoms with E-state index in [4.69, 9.17) is 0 Å². The molecule has 0 saturated heterocycles. The second-order valence-corrected chi connectivity index (χ2v) is 8.20. The van der Waals surface area contributed by atoms with Gasteiger partial charge in [-0.15, -0.1) is 6.58 Å². The van der Waals surface area contributed by atoms with Gasteiger partial charge in [0.25, 0.3) is 0 Å². The molecular weight excluding hydrogens is 348 g/mol. The summed E-state index contributed by atoms with van der Waals surface area (Å²) in [7, 11) is 0. The van der Waals surface area contributed by atoms with E-state index in [9.17, 15) is 15.3 Å². The molecule has 3 rings (SSSR count). The van der Waals surface area contributed by atoms with Gasteiger partial charge in [-0.25, -0.2) is 0 Å². The molecule has 0 aliphatic heterocycles. The van der Waals surface area contributed by atoms with Crippen LogP contribution in [0, 0.1) is 5.92 Å². The molecule has 0 radical (unpaired) electrons. The van der Waals surface area contributed by atoms with Crippen molar-refractivity contribution in [2.24, 2.45) is 5.92 Å². The molecule has 3 nitrogen and oxygen atoms in total. The third-order valence-corrected chi connectivity index (χ3v) is 5.67. The van der Waals surface area contributed by atoms with Crippen LogP contribution in [0.5, 0.6) is 17.2 Å². The van der Waals surface area contributed by atoms with Crippen LogP contribution in [-0.4, -0.2) is 15.3 Å². The maximum absolute atomic E-state index is 10.8. The van der Waals surface area contributed by atoms with Gasteiger partial charge in [-0.2, -0.15) is 0 Å². The number of hydrogen-bond donors (Lipinski definition) is 3. The molecule has 148 valence electrons. The van der Waals surface area contributed by atoms with Gasteiger partial charge < -0.3 is 15.3 Å². The van der Waals surface area contributed by atoms with Crippen LogP contribution >= 0.6 is 0 Å². The van der Waals surface area contributed by atoms with Crippen molar-refractivity contribution in [2.45, 2.75) is 51.9 Å². The molecular formula is C25H30O3. The molecule has 0 bridgehead atoms. The summed E-state index contributed by atoms with van der Waals surface area (Å²) in [6.45, 7) is 8.31. The Labute approximate surface area is 167 Å². The third-order valence-electron chi connectivity index (χ3n) is 5.67. The fourth-order valence-electron chi connectivity index (χ4n) is 4.33. The van der Waals surface area contributed by atoms with Crippen LogP contribution in [0.25, 0.3) is 0 Å². The van der Waals surface area contributed by atoms with Crippen molar-refractivity contribution in [3.05, 3.63) is 76.9 Å². The summed E-state index contributed by atoms with van der Waals surface area (Å²) in [4.78, 5) is 0. The Bertz CT molecular complexity index is 877. The minimum absolute atomic E-state index is 0.0925. The van der Waals surface area contributed by atoms with Crippen LogP contribution in [0.4, 0.5) is 0 Å². The normalized spacial score (nSPS) is 19.3. The lowest BCUT2D eigenvalue weighted by molar-refractivity contribution is 0.392. The van der Waals surface area contributed by atoms with E-state index in [1.54, 1.807) is 18.2 Å². The SMILES string of the molecule is C=C(C)C[C@@H]1CCC(C)=C[C@@H]1c1c(O)cc(O)cc1CCc1ccc(O)cc1. The summed E-state index contributed by atoms with van der Waals surface area (Å²) < 4.78 is 0. The Hall–Kier alpha value is -2.68. The van der Waals surface area contributed by atoms with Crippen molar-refractivity contribution in [1.29, 1.82) is 0 Å². The fourth-order valence-corrected chi connectivity index (χ4v) is 4.33. The van der Waals surface area contributed by atoms with Crippen molar-refractivity contribution in [2.75, 3.05) is 0 Å². The van der Waals surface area contributed by atoms with Crippen molar-refractivity contribution in [3.63, 3.8) is 0 Å². The second kappa shape index (κ2) is 8.55. The number of aromatic hydroxyl groups is 3. The molecule has 2 atom stereocenters. The Morgan fingerprint density at radius 3 is 2.43 bits per heavy atom. The highest BCUT2D eigenvalue weighted by Gasteiger charge is 2.29. The molecule has 2 aromatic carbocycles. The summed E-state index contributed by atoms with van der Waals surface area (Å²) in [5.41, 5.74) is 5.53. The number of aryl methyl sites for hydroxylation is 2. The Morgan fingerprint density at radius 1 is 1.04 bits per heavy atom. The zero-order valence-corrected chi connectivity index (χ0v) is 16.8. The molecule has 0 amide bonds. The highest BCUT2D eigenvalue weighted by atomic mass is 16.3. The van der Waals surface area contributed by atoms with E-state index in [2.05, 4.69) is 26.5 Å². The first-order chi connectivity index (χ1) is 13.3. The maximum Gasteiger partial charge on any atom is 0.123 e. The van der Waals surface area contributed by atoms with E-state index in [1.807, 2.05) is 12.1 Å². The Kier molecular flexibility index (Phi) is 6.13. The lowest BCUT2D eigenvalue weighted by atomic mass is 9.73. The summed E-state index contributed by atoms with van der Waals surface area (Å²) >= 11 is 0. The van der Waals surface area contributed by atoms with Crippen LogP contribution in [0.3, 0.4) is 0 Å². The van der Waals surface area contributed by atoms with E-state index >= 15 is 0 Å². The first-order valence-corrected chi connectivity index (χ1v) is 9.98. The molecule has 0 fully saturated rings. The van der Waals surface area contributed by atoms with Crippen LogP contribution < -0.4 is 0 Å². The first-order valence-electron chi connectivity index (χ1n) is 9.98. The lowest BCUT2D eigenvalue weighted by Crippen LogP contribution is -2.18. The average Bonchev–Trinajstić information content (AvgIpc) is 2.62. The minimum Gasteiger partial charge on any atom is -0.508 e. The molecule has 0 saturated carbocycles. The topological polar surface area (TPSA) is 60.7 Å². The van der Waals surface area contributed by atoms with E-state index < -0.39 is 0 Å². The van der Waals surface area contributed by atoms with E-state index in [0.29, 0.717) is 12.3 Å². The van der Waals surface area contributed by atoms with Crippen molar-refractivity contribution < 1.29 is 15.3 Å². The maximum atomic E-state index is 10.8. The minimum atomic E-state index is 0.0925. The molecule has 3 heteroatoms. The van der Waals surface area contributed by atoms with Crippen LogP contribution in [0.1, 0.15) is 55.7 Å². The molecule has 1 aliphatic carbocycles. The van der Waals surface area contributed by atoms with Crippen molar-refractivity contribution in [1.82, 2.24) is 0 Å². The molecule has 0 spiro atoms. The molecule has 0 heterocycles. The molecule has 0 aromatic heterocycles. The van der Waals surface area contributed by atoms with Gasteiger partial charge in [0.1, 0.15) is 17.2 Å². The predicted octanol–water partition coefficient (Wildman–Crippen LogP) is 5.99. The number of benzene rings is 2. The van der Waals surface area contributed by atoms with Gasteiger partial charge in [0, 0.05) is 17.5 Å². The van der Waals surface area contributed by atoms with Gasteiger partial charge in [-0.3, -0.25) is 0 Å². The molecule has 1 aliphatic rings. The molecule has 3 N–H and O–H groups in total. The smallest absolute Gasteiger partial charge is 0.123 e. The van der Waals surface area contributed by atoms with E-state index in [1.165, 1.54) is 11.6 Å². The molecule has 2 aromatic rings. The number of phenolic OH excluding ortho intramolecular Hbond substituents is 3. The number of phenols is 3. The number of allylic oxidation sites excluding steroid dienone is 3. The van der Waals surface area contributed by atoms with Crippen molar-refractivity contribution in [3.8, 4) is 17.2 Å². The largest absolute Gasteiger partial charge is 0.508 e. The molecule has 28 heavy (non-hydrogen) atoms. The number of hydrogen-bond acceptors (Lipinski definition) is 3. The molecule has 0 unspecified atom stereocenters. The van der Waals surface area contributed by atoms with Crippen LogP contribution in [0.15, 0.2) is 60.2 Å². The Morgan fingerprint density at radius 2 is 1.75 bits per heavy atom. The van der Waals surface area contributed by atoms with Crippen LogP contribution in [-0.2, 0) is 12.8 Å².